The zero-order chi connectivity index (χ0) is 16.2. The maximum atomic E-state index is 12.7. The normalized spacial score (nSPS) is 11.2. The molecule has 0 aliphatic rings. The highest BCUT2D eigenvalue weighted by Crippen LogP contribution is 2.26. The molecule has 0 atom stereocenters. The first-order valence-electron chi connectivity index (χ1n) is 6.46. The molecule has 0 unspecified atom stereocenters. The fourth-order valence-corrected chi connectivity index (χ4v) is 3.74. The molecule has 0 fully saturated rings. The first-order chi connectivity index (χ1) is 10.5. The zero-order valence-electron chi connectivity index (χ0n) is 11.9. The summed E-state index contributed by atoms with van der Waals surface area (Å²) in [5.74, 6) is -0.376. The molecule has 0 aliphatic heterocycles. The average molecular weight is 336 g/mol. The van der Waals surface area contributed by atoms with Gasteiger partial charge in [-0.2, -0.15) is 0 Å². The van der Waals surface area contributed by atoms with Crippen molar-refractivity contribution in [3.05, 3.63) is 48.5 Å². The van der Waals surface area contributed by atoms with Gasteiger partial charge in [-0.1, -0.05) is 12.1 Å². The third-order valence-corrected chi connectivity index (χ3v) is 5.44. The Bertz CT molecular complexity index is 789. The van der Waals surface area contributed by atoms with Crippen molar-refractivity contribution in [1.29, 1.82) is 0 Å². The number of thioether (sulfide) groups is 1. The average Bonchev–Trinajstić information content (AvgIpc) is 2.55. The maximum absolute atomic E-state index is 12.7. The Hall–Kier alpha value is -1.83. The van der Waals surface area contributed by atoms with E-state index in [1.165, 1.54) is 23.9 Å². The predicted molar refractivity (Wildman–Crippen MR) is 87.8 cm³/mol. The molecule has 2 aromatic rings. The quantitative estimate of drug-likeness (QED) is 0.817. The van der Waals surface area contributed by atoms with E-state index in [2.05, 4.69) is 5.32 Å². The fourth-order valence-electron chi connectivity index (χ4n) is 1.86. The van der Waals surface area contributed by atoms with E-state index in [-0.39, 0.29) is 22.2 Å². The number of hydrogen-bond acceptors (Lipinski definition) is 5. The summed E-state index contributed by atoms with van der Waals surface area (Å²) in [5.41, 5.74) is 5.63. The van der Waals surface area contributed by atoms with Crippen molar-refractivity contribution in [2.75, 3.05) is 18.1 Å². The predicted octanol–water partition coefficient (Wildman–Crippen LogP) is 2.14. The van der Waals surface area contributed by atoms with Crippen LogP contribution in [0, 0.1) is 0 Å². The van der Waals surface area contributed by atoms with Crippen molar-refractivity contribution in [1.82, 2.24) is 0 Å². The Morgan fingerprint density at radius 2 is 1.77 bits per heavy atom. The monoisotopic (exact) mass is 336 g/mol. The van der Waals surface area contributed by atoms with Crippen LogP contribution in [-0.2, 0) is 14.6 Å². The molecule has 0 saturated heterocycles. The lowest BCUT2D eigenvalue weighted by molar-refractivity contribution is -0.114. The minimum atomic E-state index is -3.63. The number of benzene rings is 2. The van der Waals surface area contributed by atoms with Crippen LogP contribution in [0.15, 0.2) is 63.2 Å². The second-order valence-electron chi connectivity index (χ2n) is 4.46. The van der Waals surface area contributed by atoms with Gasteiger partial charge in [-0.25, -0.2) is 8.42 Å². The Labute approximate surface area is 133 Å². The van der Waals surface area contributed by atoms with Gasteiger partial charge in [0.1, 0.15) is 0 Å². The molecule has 7 heteroatoms. The summed E-state index contributed by atoms with van der Waals surface area (Å²) in [5, 5.41) is 2.55. The van der Waals surface area contributed by atoms with Crippen LogP contribution in [0.1, 0.15) is 0 Å². The van der Waals surface area contributed by atoms with Gasteiger partial charge < -0.3 is 11.1 Å². The minimum absolute atomic E-state index is 0.126. The number of rotatable bonds is 5. The zero-order valence-corrected chi connectivity index (χ0v) is 13.6. The number of amides is 1. The molecule has 3 N–H and O–H groups in total. The first-order valence-corrected chi connectivity index (χ1v) is 9.17. The molecule has 5 nitrogen and oxygen atoms in total. The number of nitrogens with two attached hydrogens (primary N) is 1. The van der Waals surface area contributed by atoms with Crippen LogP contribution in [0.4, 0.5) is 5.69 Å². The van der Waals surface area contributed by atoms with Gasteiger partial charge in [-0.15, -0.1) is 11.8 Å². The molecule has 0 saturated carbocycles. The number of carbonyl (C=O) groups excluding carboxylic acids is 1. The highest BCUT2D eigenvalue weighted by atomic mass is 32.2. The molecule has 2 rings (SSSR count). The van der Waals surface area contributed by atoms with Crippen molar-refractivity contribution in [3.8, 4) is 0 Å². The van der Waals surface area contributed by atoms with Crippen molar-refractivity contribution >= 4 is 33.2 Å². The van der Waals surface area contributed by atoms with Crippen LogP contribution >= 0.6 is 11.8 Å². The Balaban J connectivity index is 2.41. The molecule has 116 valence electrons. The van der Waals surface area contributed by atoms with E-state index in [4.69, 9.17) is 5.73 Å². The van der Waals surface area contributed by atoms with Crippen molar-refractivity contribution in [3.63, 3.8) is 0 Å². The summed E-state index contributed by atoms with van der Waals surface area (Å²) in [6.45, 7) is -0.160. The summed E-state index contributed by atoms with van der Waals surface area (Å²) in [6.07, 6.45) is 1.88. The lowest BCUT2D eigenvalue weighted by Gasteiger charge is -2.09. The van der Waals surface area contributed by atoms with Crippen LogP contribution < -0.4 is 11.1 Å². The number of nitrogens with one attached hydrogen (secondary N) is 1. The van der Waals surface area contributed by atoms with Gasteiger partial charge in [-0.3, -0.25) is 4.79 Å². The van der Waals surface area contributed by atoms with E-state index in [9.17, 15) is 13.2 Å². The van der Waals surface area contributed by atoms with E-state index in [1.54, 1.807) is 30.3 Å². The third kappa shape index (κ3) is 3.68. The van der Waals surface area contributed by atoms with Gasteiger partial charge in [0.2, 0.25) is 15.7 Å². The van der Waals surface area contributed by atoms with E-state index in [0.29, 0.717) is 5.69 Å². The SMILES string of the molecule is CSc1cccc(S(=O)(=O)c2cccc(NC(=O)CN)c2)c1. The second kappa shape index (κ2) is 6.95. The van der Waals surface area contributed by atoms with Crippen LogP contribution in [0.2, 0.25) is 0 Å². The molecule has 0 heterocycles. The Kier molecular flexibility index (Phi) is 5.23. The lowest BCUT2D eigenvalue weighted by atomic mass is 10.3. The highest BCUT2D eigenvalue weighted by molar-refractivity contribution is 7.98. The Morgan fingerprint density at radius 3 is 2.41 bits per heavy atom. The van der Waals surface area contributed by atoms with E-state index in [0.717, 1.165) is 4.90 Å². The smallest absolute Gasteiger partial charge is 0.238 e. The number of carbonyl (C=O) groups is 1. The Morgan fingerprint density at radius 1 is 1.14 bits per heavy atom. The topological polar surface area (TPSA) is 89.3 Å². The standard InChI is InChI=1S/C15H16N2O3S2/c1-21-12-5-3-7-14(9-12)22(19,20)13-6-2-4-11(8-13)17-15(18)10-16/h2-9H,10,16H2,1H3,(H,17,18). The molecule has 1 amide bonds. The van der Waals surface area contributed by atoms with E-state index < -0.39 is 9.84 Å². The summed E-state index contributed by atoms with van der Waals surface area (Å²) in [7, 11) is -3.63. The number of anilines is 1. The van der Waals surface area contributed by atoms with Crippen LogP contribution in [0.5, 0.6) is 0 Å². The summed E-state index contributed by atoms with van der Waals surface area (Å²) in [6, 6.07) is 12.9. The number of sulfone groups is 1. The van der Waals surface area contributed by atoms with Crippen LogP contribution in [-0.4, -0.2) is 27.1 Å². The molecular formula is C15H16N2O3S2. The lowest BCUT2D eigenvalue weighted by Crippen LogP contribution is -2.21. The number of hydrogen-bond donors (Lipinski definition) is 2. The third-order valence-electron chi connectivity index (χ3n) is 2.96. The largest absolute Gasteiger partial charge is 0.325 e. The van der Waals surface area contributed by atoms with E-state index in [1.807, 2.05) is 12.3 Å². The van der Waals surface area contributed by atoms with Crippen LogP contribution in [0.25, 0.3) is 0 Å². The molecule has 0 spiro atoms. The molecule has 22 heavy (non-hydrogen) atoms. The van der Waals surface area contributed by atoms with Crippen molar-refractivity contribution in [2.24, 2.45) is 5.73 Å². The van der Waals surface area contributed by atoms with Gasteiger partial charge in [0.15, 0.2) is 0 Å². The molecule has 2 aromatic carbocycles. The molecule has 0 bridgehead atoms. The molecule has 0 aromatic heterocycles. The highest BCUT2D eigenvalue weighted by Gasteiger charge is 2.18. The maximum Gasteiger partial charge on any atom is 0.238 e. The van der Waals surface area contributed by atoms with E-state index >= 15 is 0 Å². The fraction of sp³-hybridized carbons (Fsp3) is 0.133. The summed E-state index contributed by atoms with van der Waals surface area (Å²) in [4.78, 5) is 12.5. The molecule has 0 aliphatic carbocycles. The van der Waals surface area contributed by atoms with Crippen molar-refractivity contribution in [2.45, 2.75) is 14.7 Å². The van der Waals surface area contributed by atoms with Gasteiger partial charge in [-0.05, 0) is 42.7 Å². The second-order valence-corrected chi connectivity index (χ2v) is 7.29. The molecule has 0 radical (unpaired) electrons. The van der Waals surface area contributed by atoms with Gasteiger partial charge in [0, 0.05) is 10.6 Å². The van der Waals surface area contributed by atoms with Gasteiger partial charge in [0.25, 0.3) is 0 Å². The first kappa shape index (κ1) is 16.5. The summed E-state index contributed by atoms with van der Waals surface area (Å²) < 4.78 is 25.3. The minimum Gasteiger partial charge on any atom is -0.325 e. The van der Waals surface area contributed by atoms with Gasteiger partial charge in [0.05, 0.1) is 16.3 Å². The summed E-state index contributed by atoms with van der Waals surface area (Å²) >= 11 is 1.47. The van der Waals surface area contributed by atoms with Crippen molar-refractivity contribution < 1.29 is 13.2 Å². The molecular weight excluding hydrogens is 320 g/mol. The van der Waals surface area contributed by atoms with Crippen LogP contribution in [0.3, 0.4) is 0 Å². The van der Waals surface area contributed by atoms with Gasteiger partial charge >= 0.3 is 0 Å².